The third-order valence-corrected chi connectivity index (χ3v) is 4.05. The number of fused-ring (bicyclic) bond motifs is 1. The highest BCUT2D eigenvalue weighted by Crippen LogP contribution is 2.18. The average Bonchev–Trinajstić information content (AvgIpc) is 2.87. The number of rotatable bonds is 4. The van der Waals surface area contributed by atoms with Crippen LogP contribution in [0.1, 0.15) is 42.5 Å². The van der Waals surface area contributed by atoms with Gasteiger partial charge in [0.1, 0.15) is 6.54 Å². The van der Waals surface area contributed by atoms with Gasteiger partial charge in [-0.15, -0.1) is 0 Å². The van der Waals surface area contributed by atoms with Gasteiger partial charge in [0.15, 0.2) is 0 Å². The first-order chi connectivity index (χ1) is 10.8. The average molecular weight is 298 g/mol. The van der Waals surface area contributed by atoms with Crippen molar-refractivity contribution in [1.82, 2.24) is 20.1 Å². The Hall–Kier alpha value is -2.17. The number of aromatic nitrogens is 3. The lowest BCUT2D eigenvalue weighted by Crippen LogP contribution is -2.27. The molecule has 0 atom stereocenters. The van der Waals surface area contributed by atoms with Crippen molar-refractivity contribution in [3.63, 3.8) is 0 Å². The van der Waals surface area contributed by atoms with Gasteiger partial charge in [0.05, 0.1) is 5.69 Å². The van der Waals surface area contributed by atoms with Gasteiger partial charge in [-0.1, -0.05) is 18.9 Å². The Kier molecular flexibility index (Phi) is 4.83. The van der Waals surface area contributed by atoms with E-state index in [1.165, 1.54) is 36.9 Å². The third kappa shape index (κ3) is 3.93. The van der Waals surface area contributed by atoms with Crippen LogP contribution in [0.3, 0.4) is 0 Å². The second-order valence-electron chi connectivity index (χ2n) is 5.85. The number of nitrogens with one attached hydrogen (secondary N) is 1. The number of aryl methyl sites for hydroxylation is 2. The fraction of sp³-hybridized carbons (Fsp3) is 0.471. The van der Waals surface area contributed by atoms with Gasteiger partial charge in [-0.25, -0.2) is 0 Å². The van der Waals surface area contributed by atoms with E-state index in [0.717, 1.165) is 18.4 Å². The molecule has 5 heteroatoms. The lowest BCUT2D eigenvalue weighted by atomic mass is 9.99. The fourth-order valence-electron chi connectivity index (χ4n) is 2.87. The normalized spacial score (nSPS) is 14.7. The molecule has 0 saturated heterocycles. The van der Waals surface area contributed by atoms with E-state index >= 15 is 0 Å². The monoisotopic (exact) mass is 298 g/mol. The van der Waals surface area contributed by atoms with Crippen molar-refractivity contribution in [1.29, 1.82) is 0 Å². The molecule has 3 rings (SSSR count). The summed E-state index contributed by atoms with van der Waals surface area (Å²) in [6.45, 7) is 0.793. The first kappa shape index (κ1) is 14.8. The van der Waals surface area contributed by atoms with Crippen LogP contribution in [0.2, 0.25) is 0 Å². The molecule has 0 radical (unpaired) electrons. The SMILES string of the molecule is O=C(Cn1cc2c(n1)CCCCCC2)NCc1cccnc1. The lowest BCUT2D eigenvalue weighted by Gasteiger charge is -2.06. The summed E-state index contributed by atoms with van der Waals surface area (Å²) in [7, 11) is 0. The number of carbonyl (C=O) groups excluding carboxylic acids is 1. The quantitative estimate of drug-likeness (QED) is 0.942. The van der Waals surface area contributed by atoms with Gasteiger partial charge >= 0.3 is 0 Å². The van der Waals surface area contributed by atoms with Crippen molar-refractivity contribution in [2.45, 2.75) is 51.6 Å². The maximum Gasteiger partial charge on any atom is 0.241 e. The molecule has 0 aliphatic heterocycles. The van der Waals surface area contributed by atoms with Crippen molar-refractivity contribution in [2.75, 3.05) is 0 Å². The van der Waals surface area contributed by atoms with Crippen molar-refractivity contribution in [3.05, 3.63) is 47.5 Å². The Bertz CT molecular complexity index is 595. The molecule has 116 valence electrons. The molecule has 22 heavy (non-hydrogen) atoms. The molecule has 1 amide bonds. The van der Waals surface area contributed by atoms with E-state index in [4.69, 9.17) is 0 Å². The molecule has 0 unspecified atom stereocenters. The van der Waals surface area contributed by atoms with Crippen LogP contribution in [0.4, 0.5) is 0 Å². The summed E-state index contributed by atoms with van der Waals surface area (Å²) < 4.78 is 1.79. The molecular formula is C17H22N4O. The second-order valence-corrected chi connectivity index (χ2v) is 5.85. The maximum atomic E-state index is 12.0. The minimum Gasteiger partial charge on any atom is -0.350 e. The van der Waals surface area contributed by atoms with Crippen LogP contribution < -0.4 is 5.32 Å². The highest BCUT2D eigenvalue weighted by atomic mass is 16.2. The smallest absolute Gasteiger partial charge is 0.241 e. The molecule has 0 aromatic carbocycles. The Morgan fingerprint density at radius 2 is 2.09 bits per heavy atom. The predicted molar refractivity (Wildman–Crippen MR) is 84.2 cm³/mol. The zero-order valence-corrected chi connectivity index (χ0v) is 12.8. The van der Waals surface area contributed by atoms with Gasteiger partial charge < -0.3 is 5.32 Å². The number of nitrogens with zero attached hydrogens (tertiary/aromatic N) is 3. The summed E-state index contributed by atoms with van der Waals surface area (Å²) in [5.74, 6) is -0.0145. The second kappa shape index (κ2) is 7.20. The Balaban J connectivity index is 1.56. The summed E-state index contributed by atoms with van der Waals surface area (Å²) in [6.07, 6.45) is 12.7. The molecule has 5 nitrogen and oxygen atoms in total. The highest BCUT2D eigenvalue weighted by Gasteiger charge is 2.13. The van der Waals surface area contributed by atoms with Gasteiger partial charge in [0.2, 0.25) is 5.91 Å². The standard InChI is InChI=1S/C17H22N4O/c22-17(19-11-14-6-5-9-18-10-14)13-21-12-15-7-3-1-2-4-8-16(15)20-21/h5-6,9-10,12H,1-4,7-8,11,13H2,(H,19,22). The van der Waals surface area contributed by atoms with Crippen LogP contribution >= 0.6 is 0 Å². The van der Waals surface area contributed by atoms with Gasteiger partial charge in [0, 0.05) is 25.1 Å². The number of carbonyl (C=O) groups is 1. The molecule has 1 aliphatic rings. The molecule has 2 aromatic rings. The Morgan fingerprint density at radius 1 is 1.23 bits per heavy atom. The summed E-state index contributed by atoms with van der Waals surface area (Å²) in [5, 5.41) is 7.50. The molecule has 2 aromatic heterocycles. The van der Waals surface area contributed by atoms with E-state index in [-0.39, 0.29) is 12.5 Å². The molecule has 2 heterocycles. The van der Waals surface area contributed by atoms with Crippen molar-refractivity contribution in [3.8, 4) is 0 Å². The van der Waals surface area contributed by atoms with E-state index < -0.39 is 0 Å². The van der Waals surface area contributed by atoms with Crippen molar-refractivity contribution >= 4 is 5.91 Å². The zero-order chi connectivity index (χ0) is 15.2. The van der Waals surface area contributed by atoms with Crippen molar-refractivity contribution in [2.24, 2.45) is 0 Å². The van der Waals surface area contributed by atoms with Crippen LogP contribution in [-0.4, -0.2) is 20.7 Å². The van der Waals surface area contributed by atoms with E-state index in [0.29, 0.717) is 6.54 Å². The molecule has 0 saturated carbocycles. The predicted octanol–water partition coefficient (Wildman–Crippen LogP) is 2.25. The fourth-order valence-corrected chi connectivity index (χ4v) is 2.87. The molecule has 0 spiro atoms. The largest absolute Gasteiger partial charge is 0.350 e. The summed E-state index contributed by atoms with van der Waals surface area (Å²) in [4.78, 5) is 16.1. The summed E-state index contributed by atoms with van der Waals surface area (Å²) >= 11 is 0. The molecule has 1 aliphatic carbocycles. The van der Waals surface area contributed by atoms with Crippen LogP contribution in [0, 0.1) is 0 Å². The Labute approximate surface area is 130 Å². The van der Waals surface area contributed by atoms with Gasteiger partial charge in [-0.3, -0.25) is 14.5 Å². The topological polar surface area (TPSA) is 59.8 Å². The Morgan fingerprint density at radius 3 is 2.91 bits per heavy atom. The van der Waals surface area contributed by atoms with Crippen LogP contribution in [0.25, 0.3) is 0 Å². The molecule has 0 bridgehead atoms. The van der Waals surface area contributed by atoms with Gasteiger partial charge in [0.25, 0.3) is 0 Å². The number of hydrogen-bond donors (Lipinski definition) is 1. The van der Waals surface area contributed by atoms with Crippen LogP contribution in [-0.2, 0) is 30.7 Å². The first-order valence-electron chi connectivity index (χ1n) is 8.02. The van der Waals surface area contributed by atoms with Crippen LogP contribution in [0.5, 0.6) is 0 Å². The summed E-state index contributed by atoms with van der Waals surface area (Å²) in [6, 6.07) is 3.82. The van der Waals surface area contributed by atoms with E-state index in [1.54, 1.807) is 17.1 Å². The lowest BCUT2D eigenvalue weighted by molar-refractivity contribution is -0.122. The van der Waals surface area contributed by atoms with E-state index in [9.17, 15) is 4.79 Å². The molecule has 0 fully saturated rings. The molecule has 1 N–H and O–H groups in total. The highest BCUT2D eigenvalue weighted by molar-refractivity contribution is 5.75. The maximum absolute atomic E-state index is 12.0. The molecular weight excluding hydrogens is 276 g/mol. The van der Waals surface area contributed by atoms with E-state index in [2.05, 4.69) is 15.4 Å². The number of pyridine rings is 1. The van der Waals surface area contributed by atoms with E-state index in [1.807, 2.05) is 18.3 Å². The zero-order valence-electron chi connectivity index (χ0n) is 12.8. The summed E-state index contributed by atoms with van der Waals surface area (Å²) in [5.41, 5.74) is 3.50. The van der Waals surface area contributed by atoms with Crippen molar-refractivity contribution < 1.29 is 4.79 Å². The number of amides is 1. The van der Waals surface area contributed by atoms with Crippen LogP contribution in [0.15, 0.2) is 30.7 Å². The number of hydrogen-bond acceptors (Lipinski definition) is 3. The minimum atomic E-state index is -0.0145. The first-order valence-corrected chi connectivity index (χ1v) is 8.02. The third-order valence-electron chi connectivity index (χ3n) is 4.05. The minimum absolute atomic E-state index is 0.0145. The van der Waals surface area contributed by atoms with Gasteiger partial charge in [-0.05, 0) is 42.9 Å². The van der Waals surface area contributed by atoms with Gasteiger partial charge in [-0.2, -0.15) is 5.10 Å².